The standard InChI is InChI=1S/C22H36N2O4/c1-19(2)11-15(12-20(3,4)23-19)27-17(25)9-10-18(26)28-16-13-21(5,6)24-22(7,8)14-16/h11,13,23-24H,9-10,12,14H2,1-8H3. The average molecular weight is 393 g/mol. The summed E-state index contributed by atoms with van der Waals surface area (Å²) in [7, 11) is 0. The second kappa shape index (κ2) is 7.64. The van der Waals surface area contributed by atoms with Gasteiger partial charge in [0, 0.05) is 35.0 Å². The summed E-state index contributed by atoms with van der Waals surface area (Å²) >= 11 is 0. The second-order valence-electron chi connectivity index (χ2n) is 10.5. The molecule has 0 saturated carbocycles. The van der Waals surface area contributed by atoms with Crippen LogP contribution in [-0.2, 0) is 19.1 Å². The first-order valence-electron chi connectivity index (χ1n) is 10.0. The van der Waals surface area contributed by atoms with Gasteiger partial charge < -0.3 is 20.1 Å². The average Bonchev–Trinajstić information content (AvgIpc) is 2.37. The lowest BCUT2D eigenvalue weighted by atomic mass is 9.87. The van der Waals surface area contributed by atoms with Crippen LogP contribution >= 0.6 is 0 Å². The highest BCUT2D eigenvalue weighted by molar-refractivity contribution is 5.78. The van der Waals surface area contributed by atoms with Gasteiger partial charge in [-0.15, -0.1) is 0 Å². The number of nitrogens with one attached hydrogen (secondary N) is 2. The van der Waals surface area contributed by atoms with Crippen molar-refractivity contribution in [1.82, 2.24) is 10.6 Å². The van der Waals surface area contributed by atoms with Crippen molar-refractivity contribution in [1.29, 1.82) is 0 Å². The largest absolute Gasteiger partial charge is 0.431 e. The molecule has 2 aliphatic heterocycles. The fourth-order valence-electron chi connectivity index (χ4n) is 4.41. The molecule has 0 unspecified atom stereocenters. The molecule has 158 valence electrons. The number of carbonyl (C=O) groups excluding carboxylic acids is 2. The molecule has 0 aromatic heterocycles. The topological polar surface area (TPSA) is 76.7 Å². The summed E-state index contributed by atoms with van der Waals surface area (Å²) in [4.78, 5) is 24.4. The first-order valence-corrected chi connectivity index (χ1v) is 10.0. The van der Waals surface area contributed by atoms with Crippen molar-refractivity contribution in [3.05, 3.63) is 23.7 Å². The van der Waals surface area contributed by atoms with Crippen LogP contribution in [0.25, 0.3) is 0 Å². The number of ether oxygens (including phenoxy) is 2. The SMILES string of the molecule is CC1(C)C=C(OC(=O)CCC(=O)OC2=CC(C)(C)NC(C)(C)C2)CC(C)(C)N1. The summed E-state index contributed by atoms with van der Waals surface area (Å²) in [6.07, 6.45) is 5.11. The zero-order valence-electron chi connectivity index (χ0n) is 18.6. The van der Waals surface area contributed by atoms with E-state index in [-0.39, 0.29) is 35.0 Å². The number of hydrogen-bond donors (Lipinski definition) is 2. The van der Waals surface area contributed by atoms with Gasteiger partial charge in [-0.25, -0.2) is 0 Å². The van der Waals surface area contributed by atoms with Gasteiger partial charge in [0.1, 0.15) is 11.5 Å². The maximum absolute atomic E-state index is 12.2. The van der Waals surface area contributed by atoms with Crippen molar-refractivity contribution in [3.8, 4) is 0 Å². The Bertz CT molecular complexity index is 639. The van der Waals surface area contributed by atoms with Gasteiger partial charge in [0.15, 0.2) is 0 Å². The zero-order valence-corrected chi connectivity index (χ0v) is 18.6. The molecule has 6 heteroatoms. The van der Waals surface area contributed by atoms with E-state index in [0.717, 1.165) is 0 Å². The Kier molecular flexibility index (Phi) is 6.17. The molecule has 2 N–H and O–H groups in total. The Hall–Kier alpha value is -1.66. The maximum atomic E-state index is 12.2. The summed E-state index contributed by atoms with van der Waals surface area (Å²) in [6, 6.07) is 0. The summed E-state index contributed by atoms with van der Waals surface area (Å²) in [5.41, 5.74) is -0.823. The van der Waals surface area contributed by atoms with E-state index in [1.807, 2.05) is 39.8 Å². The molecule has 0 amide bonds. The molecular weight excluding hydrogens is 356 g/mol. The van der Waals surface area contributed by atoms with Crippen molar-refractivity contribution in [3.63, 3.8) is 0 Å². The number of esters is 2. The van der Waals surface area contributed by atoms with Crippen LogP contribution in [0.3, 0.4) is 0 Å². The molecule has 28 heavy (non-hydrogen) atoms. The van der Waals surface area contributed by atoms with Gasteiger partial charge in [-0.2, -0.15) is 0 Å². The van der Waals surface area contributed by atoms with Crippen LogP contribution < -0.4 is 10.6 Å². The lowest BCUT2D eigenvalue weighted by molar-refractivity contribution is -0.146. The molecule has 0 aromatic carbocycles. The summed E-state index contributed by atoms with van der Waals surface area (Å²) in [5, 5.41) is 6.98. The second-order valence-corrected chi connectivity index (χ2v) is 10.5. The van der Waals surface area contributed by atoms with Crippen molar-refractivity contribution < 1.29 is 19.1 Å². The fraction of sp³-hybridized carbons (Fsp3) is 0.727. The normalized spacial score (nSPS) is 24.6. The molecule has 0 radical (unpaired) electrons. The molecule has 0 spiro atoms. The Morgan fingerprint density at radius 1 is 0.750 bits per heavy atom. The third-order valence-electron chi connectivity index (χ3n) is 4.62. The molecule has 0 bridgehead atoms. The van der Waals surface area contributed by atoms with E-state index in [1.54, 1.807) is 0 Å². The summed E-state index contributed by atoms with van der Waals surface area (Å²) in [6.45, 7) is 16.4. The van der Waals surface area contributed by atoms with Gasteiger partial charge in [0.25, 0.3) is 0 Å². The number of hydrogen-bond acceptors (Lipinski definition) is 6. The van der Waals surface area contributed by atoms with Crippen LogP contribution in [0, 0.1) is 0 Å². The Balaban J connectivity index is 1.87. The van der Waals surface area contributed by atoms with Crippen molar-refractivity contribution in [2.45, 2.75) is 103 Å². The van der Waals surface area contributed by atoms with E-state index in [1.165, 1.54) is 0 Å². The highest BCUT2D eigenvalue weighted by Crippen LogP contribution is 2.30. The van der Waals surface area contributed by atoms with Gasteiger partial charge in [0.2, 0.25) is 0 Å². The van der Waals surface area contributed by atoms with Crippen LogP contribution in [0.4, 0.5) is 0 Å². The highest BCUT2D eigenvalue weighted by atomic mass is 16.5. The van der Waals surface area contributed by atoms with E-state index in [4.69, 9.17) is 9.47 Å². The Morgan fingerprint density at radius 2 is 1.07 bits per heavy atom. The van der Waals surface area contributed by atoms with E-state index in [9.17, 15) is 9.59 Å². The van der Waals surface area contributed by atoms with Gasteiger partial charge in [0.05, 0.1) is 12.8 Å². The Morgan fingerprint density at radius 3 is 1.36 bits per heavy atom. The molecule has 0 aromatic rings. The van der Waals surface area contributed by atoms with Gasteiger partial charge in [-0.1, -0.05) is 0 Å². The van der Waals surface area contributed by atoms with E-state index in [0.29, 0.717) is 24.4 Å². The van der Waals surface area contributed by atoms with Crippen molar-refractivity contribution in [2.75, 3.05) is 0 Å². The molecule has 2 aliphatic rings. The van der Waals surface area contributed by atoms with Crippen LogP contribution in [-0.4, -0.2) is 34.1 Å². The first kappa shape index (κ1) is 22.6. The highest BCUT2D eigenvalue weighted by Gasteiger charge is 2.35. The monoisotopic (exact) mass is 392 g/mol. The van der Waals surface area contributed by atoms with Gasteiger partial charge in [-0.05, 0) is 67.5 Å². The van der Waals surface area contributed by atoms with E-state index >= 15 is 0 Å². The van der Waals surface area contributed by atoms with Crippen LogP contribution in [0.1, 0.15) is 81.1 Å². The van der Waals surface area contributed by atoms with E-state index < -0.39 is 11.9 Å². The lowest BCUT2D eigenvalue weighted by Gasteiger charge is -2.40. The van der Waals surface area contributed by atoms with Crippen molar-refractivity contribution >= 4 is 11.9 Å². The predicted molar refractivity (Wildman–Crippen MR) is 109 cm³/mol. The number of rotatable bonds is 5. The van der Waals surface area contributed by atoms with Crippen LogP contribution in [0.5, 0.6) is 0 Å². The Labute approximate surface area is 169 Å². The van der Waals surface area contributed by atoms with E-state index in [2.05, 4.69) is 38.3 Å². The smallest absolute Gasteiger partial charge is 0.311 e. The van der Waals surface area contributed by atoms with Gasteiger partial charge in [-0.3, -0.25) is 9.59 Å². The van der Waals surface area contributed by atoms with Crippen LogP contribution in [0.2, 0.25) is 0 Å². The molecule has 2 heterocycles. The molecule has 0 saturated heterocycles. The van der Waals surface area contributed by atoms with Gasteiger partial charge >= 0.3 is 11.9 Å². The van der Waals surface area contributed by atoms with Crippen LogP contribution in [0.15, 0.2) is 23.7 Å². The summed E-state index contributed by atoms with van der Waals surface area (Å²) < 4.78 is 11.0. The molecule has 0 aliphatic carbocycles. The molecule has 2 rings (SSSR count). The number of carbonyl (C=O) groups is 2. The minimum Gasteiger partial charge on any atom is -0.431 e. The third kappa shape index (κ3) is 7.06. The maximum Gasteiger partial charge on any atom is 0.311 e. The quantitative estimate of drug-likeness (QED) is 0.695. The molecule has 6 nitrogen and oxygen atoms in total. The molecule has 0 atom stereocenters. The molecule has 0 fully saturated rings. The zero-order chi connectivity index (χ0) is 21.4. The minimum atomic E-state index is -0.406. The predicted octanol–water partition coefficient (Wildman–Crippen LogP) is 3.72. The third-order valence-corrected chi connectivity index (χ3v) is 4.62. The minimum absolute atomic E-state index is 0.00275. The van der Waals surface area contributed by atoms with Crippen molar-refractivity contribution in [2.24, 2.45) is 0 Å². The summed E-state index contributed by atoms with van der Waals surface area (Å²) in [5.74, 6) is 0.488. The fourth-order valence-corrected chi connectivity index (χ4v) is 4.41. The molecular formula is C22H36N2O4. The first-order chi connectivity index (χ1) is 12.6. The lowest BCUT2D eigenvalue weighted by Crippen LogP contribution is -2.54.